The van der Waals surface area contributed by atoms with E-state index in [9.17, 15) is 14.7 Å². The average Bonchev–Trinajstić information content (AvgIpc) is 3.03. The fourth-order valence-corrected chi connectivity index (χ4v) is 3.49. The average molecular weight is 458 g/mol. The van der Waals surface area contributed by atoms with E-state index >= 15 is 0 Å². The van der Waals surface area contributed by atoms with E-state index in [0.717, 1.165) is 0 Å². The molecule has 3 rings (SSSR count). The largest absolute Gasteiger partial charge is 0.502 e. The van der Waals surface area contributed by atoms with Crippen LogP contribution in [0.25, 0.3) is 6.08 Å². The third-order valence-corrected chi connectivity index (χ3v) is 5.19. The molecule has 0 aromatic heterocycles. The van der Waals surface area contributed by atoms with Crippen molar-refractivity contribution in [1.29, 1.82) is 0 Å². The number of carbonyl (C=O) groups is 2. The Morgan fingerprint density at radius 1 is 1.03 bits per heavy atom. The number of thiocarbonyl (C=S) groups is 1. The quantitative estimate of drug-likeness (QED) is 0.381. The molecule has 10 heteroatoms. The fraction of sp³-hybridized carbons (Fsp3) is 0.227. The van der Waals surface area contributed by atoms with Crippen molar-refractivity contribution in [3.63, 3.8) is 0 Å². The van der Waals surface area contributed by atoms with Crippen molar-refractivity contribution in [1.82, 2.24) is 4.90 Å². The van der Waals surface area contributed by atoms with Gasteiger partial charge >= 0.3 is 5.97 Å². The van der Waals surface area contributed by atoms with Crippen LogP contribution in [0.1, 0.15) is 5.56 Å². The molecule has 1 heterocycles. The van der Waals surface area contributed by atoms with Gasteiger partial charge < -0.3 is 29.0 Å². The second-order valence-corrected chi connectivity index (χ2v) is 6.95. The van der Waals surface area contributed by atoms with Crippen molar-refractivity contribution in [3.05, 3.63) is 47.7 Å². The summed E-state index contributed by atoms with van der Waals surface area (Å²) in [5, 5.41) is 10.3. The number of benzene rings is 2. The van der Waals surface area contributed by atoms with Crippen molar-refractivity contribution < 1.29 is 33.6 Å². The van der Waals surface area contributed by atoms with Crippen molar-refractivity contribution in [2.45, 2.75) is 0 Å². The van der Waals surface area contributed by atoms with Gasteiger partial charge in [-0.15, -0.1) is 0 Å². The Bertz CT molecular complexity index is 1060. The van der Waals surface area contributed by atoms with E-state index in [2.05, 4.69) is 0 Å². The van der Waals surface area contributed by atoms with Gasteiger partial charge in [-0.05, 0) is 60.3 Å². The summed E-state index contributed by atoms with van der Waals surface area (Å²) in [6.45, 7) is -0.258. The lowest BCUT2D eigenvalue weighted by atomic mass is 10.1. The third-order valence-electron chi connectivity index (χ3n) is 4.79. The van der Waals surface area contributed by atoms with Gasteiger partial charge in [0, 0.05) is 0 Å². The maximum Gasteiger partial charge on any atom is 0.325 e. The highest BCUT2D eigenvalue weighted by molar-refractivity contribution is 7.80. The Morgan fingerprint density at radius 2 is 1.62 bits per heavy atom. The summed E-state index contributed by atoms with van der Waals surface area (Å²) in [7, 11) is 5.59. The van der Waals surface area contributed by atoms with Gasteiger partial charge in [-0.1, -0.05) is 0 Å². The Balaban J connectivity index is 2.09. The van der Waals surface area contributed by atoms with Gasteiger partial charge in [-0.2, -0.15) is 0 Å². The number of esters is 1. The topological polar surface area (TPSA) is 97.8 Å². The molecule has 0 unspecified atom stereocenters. The first-order valence-electron chi connectivity index (χ1n) is 9.38. The number of phenolic OH excluding ortho intramolecular Hbond substituents is 1. The van der Waals surface area contributed by atoms with Crippen molar-refractivity contribution >= 4 is 41.0 Å². The molecule has 1 aliphatic rings. The van der Waals surface area contributed by atoms with Crippen LogP contribution in [0, 0.1) is 0 Å². The van der Waals surface area contributed by atoms with Crippen LogP contribution in [0.2, 0.25) is 0 Å². The van der Waals surface area contributed by atoms with E-state index in [1.807, 2.05) is 0 Å². The second kappa shape index (κ2) is 9.56. The highest BCUT2D eigenvalue weighted by Crippen LogP contribution is 2.38. The molecule has 0 bridgehead atoms. The van der Waals surface area contributed by atoms with Crippen LogP contribution in [-0.4, -0.2) is 62.0 Å². The predicted molar refractivity (Wildman–Crippen MR) is 121 cm³/mol. The molecule has 9 nitrogen and oxygen atoms in total. The summed E-state index contributed by atoms with van der Waals surface area (Å²) in [6, 6.07) is 9.85. The molecule has 1 fully saturated rings. The first-order valence-corrected chi connectivity index (χ1v) is 9.78. The molecule has 0 aliphatic carbocycles. The first-order chi connectivity index (χ1) is 15.3. The monoisotopic (exact) mass is 458 g/mol. The summed E-state index contributed by atoms with van der Waals surface area (Å²) in [5.74, 6) is -0.224. The first kappa shape index (κ1) is 22.9. The summed E-state index contributed by atoms with van der Waals surface area (Å²) < 4.78 is 20.3. The summed E-state index contributed by atoms with van der Waals surface area (Å²) >= 11 is 5.52. The zero-order valence-corrected chi connectivity index (χ0v) is 18.8. The van der Waals surface area contributed by atoms with Crippen molar-refractivity contribution in [3.8, 4) is 23.0 Å². The number of amides is 1. The molecule has 0 saturated carbocycles. The standard InChI is InChI=1S/C22H22N2O7S/c1-28-15-7-5-14(6-8-15)24-21(27)16(23(22(24)32)12-19(25)31-4)9-13-10-17(29-2)20(26)18(11-13)30-3/h5-11,26H,12H2,1-4H3/b16-9-. The molecule has 1 aliphatic heterocycles. The smallest absolute Gasteiger partial charge is 0.325 e. The predicted octanol–water partition coefficient (Wildman–Crippen LogP) is 2.57. The molecule has 32 heavy (non-hydrogen) atoms. The van der Waals surface area contributed by atoms with Gasteiger partial charge in [0.1, 0.15) is 18.0 Å². The lowest BCUT2D eigenvalue weighted by molar-refractivity contribution is -0.140. The van der Waals surface area contributed by atoms with Gasteiger partial charge in [0.15, 0.2) is 16.6 Å². The lowest BCUT2D eigenvalue weighted by Gasteiger charge is -2.19. The van der Waals surface area contributed by atoms with Gasteiger partial charge in [-0.3, -0.25) is 14.5 Å². The normalized spacial score (nSPS) is 14.7. The van der Waals surface area contributed by atoms with Crippen LogP contribution in [-0.2, 0) is 14.3 Å². The minimum absolute atomic E-state index is 0.120. The number of hydrogen-bond donors (Lipinski definition) is 1. The molecule has 1 saturated heterocycles. The maximum atomic E-state index is 13.4. The maximum absolute atomic E-state index is 13.4. The number of rotatable bonds is 7. The Morgan fingerprint density at radius 3 is 2.12 bits per heavy atom. The van der Waals surface area contributed by atoms with E-state index in [4.69, 9.17) is 31.2 Å². The number of aromatic hydroxyl groups is 1. The van der Waals surface area contributed by atoms with Crippen LogP contribution >= 0.6 is 12.2 Å². The Kier molecular flexibility index (Phi) is 6.84. The molecular weight excluding hydrogens is 436 g/mol. The van der Waals surface area contributed by atoms with E-state index in [1.54, 1.807) is 31.4 Å². The SMILES string of the molecule is COC(=O)CN1C(=S)N(c2ccc(OC)cc2)C(=O)/C1=C/c1cc(OC)c(O)c(OC)c1. The van der Waals surface area contributed by atoms with Crippen molar-refractivity contribution in [2.24, 2.45) is 0 Å². The third kappa shape index (κ3) is 4.30. The molecule has 0 radical (unpaired) electrons. The van der Waals surface area contributed by atoms with Gasteiger partial charge in [0.05, 0.1) is 34.1 Å². The number of carbonyl (C=O) groups excluding carboxylic acids is 2. The summed E-state index contributed by atoms with van der Waals surface area (Å²) in [5.41, 5.74) is 1.15. The minimum Gasteiger partial charge on any atom is -0.502 e. The van der Waals surface area contributed by atoms with E-state index in [1.165, 1.54) is 49.3 Å². The number of methoxy groups -OCH3 is 4. The molecule has 168 valence electrons. The highest BCUT2D eigenvalue weighted by Gasteiger charge is 2.40. The Hall–Kier alpha value is -3.79. The number of phenols is 1. The van der Waals surface area contributed by atoms with Gasteiger partial charge in [0.25, 0.3) is 5.91 Å². The molecule has 0 atom stereocenters. The lowest BCUT2D eigenvalue weighted by Crippen LogP contribution is -2.35. The van der Waals surface area contributed by atoms with Crippen molar-refractivity contribution in [2.75, 3.05) is 39.9 Å². The van der Waals surface area contributed by atoms with Gasteiger partial charge in [0.2, 0.25) is 5.75 Å². The molecule has 0 spiro atoms. The zero-order valence-electron chi connectivity index (χ0n) is 17.9. The zero-order chi connectivity index (χ0) is 23.4. The number of hydrogen-bond acceptors (Lipinski definition) is 8. The molecular formula is C22H22N2O7S. The second-order valence-electron chi connectivity index (χ2n) is 6.59. The van der Waals surface area contributed by atoms with E-state index < -0.39 is 11.9 Å². The van der Waals surface area contributed by atoms with Crippen LogP contribution in [0.15, 0.2) is 42.1 Å². The minimum atomic E-state index is -0.566. The molecule has 1 amide bonds. The number of ether oxygens (including phenoxy) is 4. The molecule has 2 aromatic carbocycles. The van der Waals surface area contributed by atoms with Crippen LogP contribution in [0.3, 0.4) is 0 Å². The molecule has 1 N–H and O–H groups in total. The highest BCUT2D eigenvalue weighted by atomic mass is 32.1. The summed E-state index contributed by atoms with van der Waals surface area (Å²) in [4.78, 5) is 28.1. The number of anilines is 1. The fourth-order valence-electron chi connectivity index (χ4n) is 3.14. The van der Waals surface area contributed by atoms with Crippen LogP contribution in [0.4, 0.5) is 5.69 Å². The van der Waals surface area contributed by atoms with Crippen LogP contribution in [0.5, 0.6) is 23.0 Å². The Labute approximate surface area is 190 Å². The van der Waals surface area contributed by atoms with E-state index in [-0.39, 0.29) is 34.6 Å². The van der Waals surface area contributed by atoms with E-state index in [0.29, 0.717) is 17.0 Å². The van der Waals surface area contributed by atoms with Crippen LogP contribution < -0.4 is 19.1 Å². The van der Waals surface area contributed by atoms with Gasteiger partial charge in [-0.25, -0.2) is 0 Å². The number of nitrogens with zero attached hydrogens (tertiary/aromatic N) is 2. The molecule has 2 aromatic rings. The summed E-state index contributed by atoms with van der Waals surface area (Å²) in [6.07, 6.45) is 1.53.